The largest absolute Gasteiger partial charge is 0.349 e. The summed E-state index contributed by atoms with van der Waals surface area (Å²) < 4.78 is 10.1. The van der Waals surface area contributed by atoms with Gasteiger partial charge in [0.2, 0.25) is 11.8 Å². The number of hydrogen-bond donors (Lipinski definition) is 0. The highest BCUT2D eigenvalue weighted by Gasteiger charge is 2.20. The summed E-state index contributed by atoms with van der Waals surface area (Å²) in [7, 11) is 3.79. The summed E-state index contributed by atoms with van der Waals surface area (Å²) in [5, 5.41) is 7.91. The summed E-state index contributed by atoms with van der Waals surface area (Å²) in [6.07, 6.45) is 1.69. The zero-order valence-electron chi connectivity index (χ0n) is 16.0. The molecule has 144 valence electrons. The topological polar surface area (TPSA) is 123 Å². The molecule has 0 N–H and O–H groups in total. The highest BCUT2D eigenvalue weighted by atomic mass is 16.5. The third kappa shape index (κ3) is 3.59. The fourth-order valence-corrected chi connectivity index (χ4v) is 2.77. The van der Waals surface area contributed by atoms with Crippen molar-refractivity contribution in [1.29, 1.82) is 0 Å². The smallest absolute Gasteiger partial charge is 0.223 e. The monoisotopic (exact) mass is 381 g/mol. The van der Waals surface area contributed by atoms with Crippen LogP contribution in [0.3, 0.4) is 0 Å². The van der Waals surface area contributed by atoms with Crippen molar-refractivity contribution in [2.45, 2.75) is 26.9 Å². The lowest BCUT2D eigenvalue weighted by molar-refractivity contribution is 0.387. The van der Waals surface area contributed by atoms with Crippen molar-refractivity contribution in [3.63, 3.8) is 0 Å². The molecule has 11 heteroatoms. The Morgan fingerprint density at radius 2 is 1.39 bits per heavy atom. The molecule has 4 rings (SSSR count). The Labute approximate surface area is 160 Å². The lowest BCUT2D eigenvalue weighted by atomic mass is 10.3. The minimum Gasteiger partial charge on any atom is -0.349 e. The second-order valence-electron chi connectivity index (χ2n) is 6.39. The summed E-state index contributed by atoms with van der Waals surface area (Å²) in [4.78, 5) is 26.1. The first-order chi connectivity index (χ1) is 13.5. The standard InChI is InChI=1S/C17H19N9O2/c1-10-19-13(23-27-10)8-25(3)16-17(22-15-12(21-16)6-5-7-18-15)26(4)9-14-20-11(2)28-24-14/h5-7H,8-9H2,1-4H3. The Morgan fingerprint density at radius 1 is 0.821 bits per heavy atom. The van der Waals surface area contributed by atoms with E-state index in [0.717, 1.165) is 0 Å². The summed E-state index contributed by atoms with van der Waals surface area (Å²) in [6.45, 7) is 4.33. The van der Waals surface area contributed by atoms with Gasteiger partial charge in [-0.2, -0.15) is 9.97 Å². The molecule has 11 nitrogen and oxygen atoms in total. The number of aromatic nitrogens is 7. The van der Waals surface area contributed by atoms with Gasteiger partial charge in [-0.3, -0.25) is 0 Å². The predicted molar refractivity (Wildman–Crippen MR) is 99.6 cm³/mol. The van der Waals surface area contributed by atoms with Gasteiger partial charge < -0.3 is 18.8 Å². The highest BCUT2D eigenvalue weighted by Crippen LogP contribution is 2.27. The SMILES string of the molecule is Cc1nc(CN(C)c2nc3cccnc3nc2N(C)Cc2noc(C)n2)no1. The van der Waals surface area contributed by atoms with E-state index in [1.54, 1.807) is 20.0 Å². The molecule has 4 heterocycles. The van der Waals surface area contributed by atoms with E-state index >= 15 is 0 Å². The van der Waals surface area contributed by atoms with Crippen LogP contribution in [0.25, 0.3) is 11.2 Å². The van der Waals surface area contributed by atoms with Crippen LogP contribution in [0.1, 0.15) is 23.4 Å². The van der Waals surface area contributed by atoms with Gasteiger partial charge in [0, 0.05) is 34.1 Å². The molecule has 0 aliphatic rings. The van der Waals surface area contributed by atoms with E-state index in [1.165, 1.54) is 0 Å². The fourth-order valence-electron chi connectivity index (χ4n) is 2.77. The summed E-state index contributed by atoms with van der Waals surface area (Å²) in [6, 6.07) is 3.70. The van der Waals surface area contributed by atoms with Crippen LogP contribution < -0.4 is 9.80 Å². The van der Waals surface area contributed by atoms with Crippen molar-refractivity contribution in [3.8, 4) is 0 Å². The van der Waals surface area contributed by atoms with Gasteiger partial charge in [0.15, 0.2) is 28.9 Å². The molecule has 0 aliphatic heterocycles. The van der Waals surface area contributed by atoms with E-state index in [9.17, 15) is 0 Å². The molecule has 0 atom stereocenters. The van der Waals surface area contributed by atoms with Crippen LogP contribution in [-0.2, 0) is 13.1 Å². The fraction of sp³-hybridized carbons (Fsp3) is 0.353. The Kier molecular flexibility index (Phi) is 4.55. The normalized spacial score (nSPS) is 11.1. The van der Waals surface area contributed by atoms with Crippen LogP contribution in [-0.4, -0.2) is 49.3 Å². The molecule has 0 aliphatic carbocycles. The summed E-state index contributed by atoms with van der Waals surface area (Å²) >= 11 is 0. The second-order valence-corrected chi connectivity index (χ2v) is 6.39. The van der Waals surface area contributed by atoms with Crippen LogP contribution in [0.4, 0.5) is 11.6 Å². The van der Waals surface area contributed by atoms with Crippen molar-refractivity contribution in [2.75, 3.05) is 23.9 Å². The van der Waals surface area contributed by atoms with Crippen molar-refractivity contribution in [2.24, 2.45) is 0 Å². The van der Waals surface area contributed by atoms with Gasteiger partial charge >= 0.3 is 0 Å². The first-order valence-corrected chi connectivity index (χ1v) is 8.63. The molecule has 0 bridgehead atoms. The zero-order chi connectivity index (χ0) is 19.7. The molecule has 0 amide bonds. The number of anilines is 2. The molecule has 0 aromatic carbocycles. The Bertz CT molecular complexity index is 1020. The van der Waals surface area contributed by atoms with E-state index < -0.39 is 0 Å². The number of fused-ring (bicyclic) bond motifs is 1. The maximum absolute atomic E-state index is 5.06. The average Bonchev–Trinajstić information content (AvgIpc) is 3.28. The average molecular weight is 381 g/mol. The van der Waals surface area contributed by atoms with Crippen molar-refractivity contribution < 1.29 is 9.05 Å². The third-order valence-electron chi connectivity index (χ3n) is 4.02. The number of aryl methyl sites for hydroxylation is 2. The predicted octanol–water partition coefficient (Wildman–Crippen LogP) is 1.68. The number of hydrogen-bond acceptors (Lipinski definition) is 11. The zero-order valence-corrected chi connectivity index (χ0v) is 16.0. The Balaban J connectivity index is 1.70. The van der Waals surface area contributed by atoms with Crippen molar-refractivity contribution in [3.05, 3.63) is 41.8 Å². The molecule has 0 unspecified atom stereocenters. The van der Waals surface area contributed by atoms with Crippen molar-refractivity contribution >= 4 is 22.8 Å². The van der Waals surface area contributed by atoms with Gasteiger partial charge in [-0.05, 0) is 12.1 Å². The quantitative estimate of drug-likeness (QED) is 0.484. The second kappa shape index (κ2) is 7.18. The number of pyridine rings is 1. The maximum atomic E-state index is 5.06. The molecule has 0 saturated carbocycles. The van der Waals surface area contributed by atoms with Crippen LogP contribution in [0.15, 0.2) is 27.4 Å². The van der Waals surface area contributed by atoms with E-state index in [4.69, 9.17) is 19.0 Å². The minimum atomic E-state index is 0.409. The van der Waals surface area contributed by atoms with Gasteiger partial charge in [-0.15, -0.1) is 0 Å². The first-order valence-electron chi connectivity index (χ1n) is 8.63. The summed E-state index contributed by atoms with van der Waals surface area (Å²) in [5.41, 5.74) is 1.25. The van der Waals surface area contributed by atoms with Gasteiger partial charge in [0.05, 0.1) is 13.1 Å². The lowest BCUT2D eigenvalue weighted by Gasteiger charge is -2.24. The van der Waals surface area contributed by atoms with Crippen LogP contribution >= 0.6 is 0 Å². The molecule has 4 aromatic heterocycles. The minimum absolute atomic E-state index is 0.409. The van der Waals surface area contributed by atoms with Gasteiger partial charge in [0.1, 0.15) is 5.52 Å². The van der Waals surface area contributed by atoms with Gasteiger partial charge in [-0.1, -0.05) is 10.3 Å². The molecular weight excluding hydrogens is 362 g/mol. The molecule has 0 saturated heterocycles. The highest BCUT2D eigenvalue weighted by molar-refractivity contribution is 5.77. The first kappa shape index (κ1) is 17.8. The number of nitrogens with zero attached hydrogens (tertiary/aromatic N) is 9. The Hall–Kier alpha value is -3.63. The van der Waals surface area contributed by atoms with E-state index in [2.05, 4.69) is 25.3 Å². The molecule has 28 heavy (non-hydrogen) atoms. The summed E-state index contributed by atoms with van der Waals surface area (Å²) in [5.74, 6) is 3.45. The lowest BCUT2D eigenvalue weighted by Crippen LogP contribution is -2.26. The van der Waals surface area contributed by atoms with E-state index in [-0.39, 0.29) is 0 Å². The van der Waals surface area contributed by atoms with E-state index in [1.807, 2.05) is 36.0 Å². The maximum Gasteiger partial charge on any atom is 0.223 e. The van der Waals surface area contributed by atoms with E-state index in [0.29, 0.717) is 59.3 Å². The van der Waals surface area contributed by atoms with Crippen molar-refractivity contribution in [1.82, 2.24) is 35.2 Å². The molecular formula is C17H19N9O2. The third-order valence-corrected chi connectivity index (χ3v) is 4.02. The molecule has 0 spiro atoms. The van der Waals surface area contributed by atoms with Gasteiger partial charge in [-0.25, -0.2) is 15.0 Å². The number of rotatable bonds is 6. The van der Waals surface area contributed by atoms with Gasteiger partial charge in [0.25, 0.3) is 0 Å². The molecule has 0 fully saturated rings. The Morgan fingerprint density at radius 3 is 1.93 bits per heavy atom. The molecule has 0 radical (unpaired) electrons. The van der Waals surface area contributed by atoms with Crippen LogP contribution in [0, 0.1) is 13.8 Å². The van der Waals surface area contributed by atoms with Crippen LogP contribution in [0.2, 0.25) is 0 Å². The van der Waals surface area contributed by atoms with Crippen LogP contribution in [0.5, 0.6) is 0 Å². The molecule has 4 aromatic rings.